The van der Waals surface area contributed by atoms with Crippen molar-refractivity contribution in [1.29, 1.82) is 0 Å². The summed E-state index contributed by atoms with van der Waals surface area (Å²) in [5.74, 6) is 0.0771. The number of amides is 1. The average Bonchev–Trinajstić information content (AvgIpc) is 3.18. The number of nitrogens with zero attached hydrogens (tertiary/aromatic N) is 2. The molecule has 1 amide bonds. The van der Waals surface area contributed by atoms with Crippen molar-refractivity contribution in [1.82, 2.24) is 4.90 Å². The van der Waals surface area contributed by atoms with E-state index in [1.807, 2.05) is 71.6 Å². The van der Waals surface area contributed by atoms with Crippen molar-refractivity contribution in [2.75, 3.05) is 6.54 Å². The highest BCUT2D eigenvalue weighted by Crippen LogP contribution is 2.34. The first-order chi connectivity index (χ1) is 17.8. The van der Waals surface area contributed by atoms with Gasteiger partial charge < -0.3 is 0 Å². The molecule has 0 bridgehead atoms. The van der Waals surface area contributed by atoms with Gasteiger partial charge in [-0.3, -0.25) is 9.69 Å². The second-order valence-corrected chi connectivity index (χ2v) is 10.8. The largest absolute Gasteiger partial charge is 0.286 e. The van der Waals surface area contributed by atoms with Gasteiger partial charge in [0.1, 0.15) is 0 Å². The molecule has 2 aromatic carbocycles. The number of rotatable bonds is 17. The van der Waals surface area contributed by atoms with Gasteiger partial charge in [-0.2, -0.15) is 0 Å². The highest BCUT2D eigenvalue weighted by Gasteiger charge is 2.32. The van der Waals surface area contributed by atoms with E-state index in [0.29, 0.717) is 0 Å². The summed E-state index contributed by atoms with van der Waals surface area (Å²) < 4.78 is 0. The smallest absolute Gasteiger partial charge is 0.266 e. The van der Waals surface area contributed by atoms with Crippen LogP contribution in [0.3, 0.4) is 0 Å². The van der Waals surface area contributed by atoms with Crippen molar-refractivity contribution in [3.8, 4) is 0 Å². The van der Waals surface area contributed by atoms with Crippen LogP contribution in [0.5, 0.6) is 0 Å². The van der Waals surface area contributed by atoms with Gasteiger partial charge in [0.2, 0.25) is 0 Å². The first-order valence-electron chi connectivity index (χ1n) is 14.2. The zero-order valence-electron chi connectivity index (χ0n) is 22.2. The minimum absolute atomic E-state index is 0.0771. The van der Waals surface area contributed by atoms with E-state index in [0.717, 1.165) is 34.3 Å². The number of unbranched alkanes of at least 4 members (excludes halogenated alkanes) is 13. The summed E-state index contributed by atoms with van der Waals surface area (Å²) in [4.78, 5) is 20.7. The van der Waals surface area contributed by atoms with Crippen LogP contribution >= 0.6 is 11.8 Å². The van der Waals surface area contributed by atoms with E-state index in [-0.39, 0.29) is 5.91 Å². The Hall–Kier alpha value is -2.33. The van der Waals surface area contributed by atoms with E-state index in [1.54, 1.807) is 0 Å². The highest BCUT2D eigenvalue weighted by atomic mass is 32.2. The summed E-state index contributed by atoms with van der Waals surface area (Å²) in [6, 6.07) is 20.0. The van der Waals surface area contributed by atoms with Gasteiger partial charge in [0.25, 0.3) is 5.91 Å². The van der Waals surface area contributed by atoms with Crippen molar-refractivity contribution < 1.29 is 4.79 Å². The lowest BCUT2D eigenvalue weighted by Crippen LogP contribution is -2.30. The molecule has 0 aromatic heterocycles. The standard InChI is InChI=1S/C32H44N2OS/c1-2-3-4-5-6-7-8-9-10-11-12-13-14-21-26-34-31(35)30(27-28-22-17-15-18-23-28)36-32(34)33-29-24-19-16-20-25-29/h15-20,22-25,27H,2-14,21,26H2,1H3. The average molecular weight is 505 g/mol. The number of hydrogen-bond acceptors (Lipinski definition) is 3. The maximum absolute atomic E-state index is 13.2. The monoisotopic (exact) mass is 504 g/mol. The molecule has 0 saturated carbocycles. The Morgan fingerprint density at radius 3 is 1.75 bits per heavy atom. The fourth-order valence-electron chi connectivity index (χ4n) is 4.57. The summed E-state index contributed by atoms with van der Waals surface area (Å²) in [5.41, 5.74) is 1.94. The molecule has 3 rings (SSSR count). The van der Waals surface area contributed by atoms with Gasteiger partial charge in [-0.1, -0.05) is 139 Å². The predicted octanol–water partition coefficient (Wildman–Crippen LogP) is 9.77. The molecule has 1 aliphatic heterocycles. The second kappa shape index (κ2) is 17.2. The number of carbonyl (C=O) groups is 1. The summed E-state index contributed by atoms with van der Waals surface area (Å²) in [6.45, 7) is 3.02. The summed E-state index contributed by atoms with van der Waals surface area (Å²) in [5, 5.41) is 0.795. The molecule has 194 valence electrons. The lowest BCUT2D eigenvalue weighted by atomic mass is 10.0. The highest BCUT2D eigenvalue weighted by molar-refractivity contribution is 8.18. The molecule has 0 spiro atoms. The first-order valence-corrected chi connectivity index (χ1v) is 15.0. The fourth-order valence-corrected chi connectivity index (χ4v) is 5.59. The number of amidine groups is 1. The number of thioether (sulfide) groups is 1. The first kappa shape index (κ1) is 28.2. The van der Waals surface area contributed by atoms with Crippen LogP contribution in [-0.4, -0.2) is 22.5 Å². The van der Waals surface area contributed by atoms with E-state index >= 15 is 0 Å². The SMILES string of the molecule is CCCCCCCCCCCCCCCCN1C(=O)C(=Cc2ccccc2)SC1=Nc1ccccc1. The Labute approximate surface area is 223 Å². The normalized spacial score (nSPS) is 15.9. The van der Waals surface area contributed by atoms with Crippen LogP contribution in [0.15, 0.2) is 70.6 Å². The maximum atomic E-state index is 13.2. The molecule has 4 heteroatoms. The van der Waals surface area contributed by atoms with Crippen LogP contribution in [-0.2, 0) is 4.79 Å². The molecule has 0 atom stereocenters. The summed E-state index contributed by atoms with van der Waals surface area (Å²) in [6.07, 6.45) is 20.7. The van der Waals surface area contributed by atoms with E-state index in [9.17, 15) is 4.79 Å². The minimum atomic E-state index is 0.0771. The third-order valence-corrected chi connectivity index (χ3v) is 7.71. The fraction of sp³-hybridized carbons (Fsp3) is 0.500. The third-order valence-electron chi connectivity index (χ3n) is 6.70. The zero-order chi connectivity index (χ0) is 25.3. The van der Waals surface area contributed by atoms with E-state index < -0.39 is 0 Å². The number of para-hydroxylation sites is 1. The van der Waals surface area contributed by atoms with Gasteiger partial charge in [0.05, 0.1) is 10.6 Å². The van der Waals surface area contributed by atoms with Gasteiger partial charge in [0, 0.05) is 6.54 Å². The molecule has 1 saturated heterocycles. The number of carbonyl (C=O) groups excluding carboxylic acids is 1. The van der Waals surface area contributed by atoms with Gasteiger partial charge in [-0.15, -0.1) is 0 Å². The van der Waals surface area contributed by atoms with E-state index in [1.165, 1.54) is 95.2 Å². The molecule has 0 aliphatic carbocycles. The van der Waals surface area contributed by atoms with Crippen LogP contribution in [0, 0.1) is 0 Å². The third kappa shape index (κ3) is 10.3. The van der Waals surface area contributed by atoms with Crippen molar-refractivity contribution in [2.24, 2.45) is 4.99 Å². The molecular formula is C32H44N2OS. The maximum Gasteiger partial charge on any atom is 0.266 e. The molecule has 0 radical (unpaired) electrons. The summed E-state index contributed by atoms with van der Waals surface area (Å²) in [7, 11) is 0. The molecule has 1 fully saturated rings. The molecule has 1 heterocycles. The Kier molecular flexibility index (Phi) is 13.5. The van der Waals surface area contributed by atoms with Crippen LogP contribution in [0.2, 0.25) is 0 Å². The quantitative estimate of drug-likeness (QED) is 0.159. The summed E-state index contributed by atoms with van der Waals surface area (Å²) >= 11 is 1.49. The van der Waals surface area contributed by atoms with Crippen LogP contribution in [0.25, 0.3) is 6.08 Å². The van der Waals surface area contributed by atoms with Crippen molar-refractivity contribution in [3.63, 3.8) is 0 Å². The number of hydrogen-bond donors (Lipinski definition) is 0. The van der Waals surface area contributed by atoms with E-state index in [4.69, 9.17) is 4.99 Å². The molecule has 2 aromatic rings. The molecule has 1 aliphatic rings. The second-order valence-electron chi connectivity index (χ2n) is 9.80. The van der Waals surface area contributed by atoms with Crippen molar-refractivity contribution in [2.45, 2.75) is 96.8 Å². The minimum Gasteiger partial charge on any atom is -0.286 e. The molecule has 3 nitrogen and oxygen atoms in total. The molecule has 0 N–H and O–H groups in total. The molecule has 36 heavy (non-hydrogen) atoms. The number of benzene rings is 2. The number of aliphatic imine (C=N–C) groups is 1. The van der Waals surface area contributed by atoms with Gasteiger partial charge >= 0.3 is 0 Å². The lowest BCUT2D eigenvalue weighted by Gasteiger charge is -2.15. The topological polar surface area (TPSA) is 32.7 Å². The van der Waals surface area contributed by atoms with E-state index in [2.05, 4.69) is 6.92 Å². The Bertz CT molecular complexity index is 939. The predicted molar refractivity (Wildman–Crippen MR) is 158 cm³/mol. The molecule has 0 unspecified atom stereocenters. The Morgan fingerprint density at radius 2 is 1.19 bits per heavy atom. The zero-order valence-corrected chi connectivity index (χ0v) is 23.0. The Morgan fingerprint density at radius 1 is 0.694 bits per heavy atom. The lowest BCUT2D eigenvalue weighted by molar-refractivity contribution is -0.122. The molecular weight excluding hydrogens is 460 g/mol. The van der Waals surface area contributed by atoms with Crippen molar-refractivity contribution in [3.05, 3.63) is 71.1 Å². The van der Waals surface area contributed by atoms with Gasteiger partial charge in [-0.25, -0.2) is 4.99 Å². The van der Waals surface area contributed by atoms with Crippen LogP contribution < -0.4 is 0 Å². The van der Waals surface area contributed by atoms with Crippen LogP contribution in [0.4, 0.5) is 5.69 Å². The van der Waals surface area contributed by atoms with Crippen molar-refractivity contribution >= 4 is 34.6 Å². The van der Waals surface area contributed by atoms with Gasteiger partial charge in [-0.05, 0) is 42.0 Å². The Balaban J connectivity index is 1.39. The van der Waals surface area contributed by atoms with Gasteiger partial charge in [0.15, 0.2) is 5.17 Å². The van der Waals surface area contributed by atoms with Crippen LogP contribution in [0.1, 0.15) is 102 Å².